The third-order valence-corrected chi connectivity index (χ3v) is 6.43. The van der Waals surface area contributed by atoms with Crippen LogP contribution in [0.1, 0.15) is 12.8 Å². The molecular formula is C18H19ClN2O3S. The summed E-state index contributed by atoms with van der Waals surface area (Å²) in [7, 11) is -3.58. The average Bonchev–Trinajstić information content (AvgIpc) is 2.62. The van der Waals surface area contributed by atoms with Crippen LogP contribution in [0.25, 0.3) is 0 Å². The zero-order chi connectivity index (χ0) is 17.9. The first-order chi connectivity index (χ1) is 12.0. The Labute approximate surface area is 152 Å². The number of benzene rings is 2. The van der Waals surface area contributed by atoms with Crippen LogP contribution in [0.3, 0.4) is 0 Å². The Kier molecular flexibility index (Phi) is 5.42. The minimum absolute atomic E-state index is 0.0639. The first-order valence-corrected chi connectivity index (χ1v) is 9.90. The number of anilines is 1. The molecule has 0 radical (unpaired) electrons. The number of carbonyl (C=O) groups excluding carboxylic acids is 1. The quantitative estimate of drug-likeness (QED) is 0.886. The molecule has 25 heavy (non-hydrogen) atoms. The van der Waals surface area contributed by atoms with Gasteiger partial charge in [-0.15, -0.1) is 0 Å². The highest BCUT2D eigenvalue weighted by Gasteiger charge is 2.32. The van der Waals surface area contributed by atoms with Crippen molar-refractivity contribution >= 4 is 33.2 Å². The lowest BCUT2D eigenvalue weighted by atomic mass is 9.97. The number of halogens is 1. The number of rotatable bonds is 4. The number of sulfonamides is 1. The van der Waals surface area contributed by atoms with Crippen LogP contribution >= 0.6 is 11.6 Å². The second-order valence-electron chi connectivity index (χ2n) is 5.99. The number of piperidine rings is 1. The zero-order valence-corrected chi connectivity index (χ0v) is 15.1. The van der Waals surface area contributed by atoms with Crippen LogP contribution in [0.4, 0.5) is 5.69 Å². The van der Waals surface area contributed by atoms with Crippen molar-refractivity contribution in [2.45, 2.75) is 17.7 Å². The van der Waals surface area contributed by atoms with E-state index in [2.05, 4.69) is 5.32 Å². The molecule has 0 saturated carbocycles. The Hall–Kier alpha value is -1.89. The molecule has 0 bridgehead atoms. The van der Waals surface area contributed by atoms with Gasteiger partial charge in [0.15, 0.2) is 0 Å². The second-order valence-corrected chi connectivity index (χ2v) is 8.37. The van der Waals surface area contributed by atoms with Crippen molar-refractivity contribution in [1.82, 2.24) is 4.31 Å². The Bertz CT molecular complexity index is 848. The fourth-order valence-corrected chi connectivity index (χ4v) is 4.67. The van der Waals surface area contributed by atoms with E-state index in [1.807, 2.05) is 30.3 Å². The molecule has 0 unspecified atom stereocenters. The highest BCUT2D eigenvalue weighted by atomic mass is 35.5. The molecular weight excluding hydrogens is 360 g/mol. The summed E-state index contributed by atoms with van der Waals surface area (Å²) in [5, 5.41) is 3.27. The summed E-state index contributed by atoms with van der Waals surface area (Å²) in [5.41, 5.74) is 0.751. The van der Waals surface area contributed by atoms with Crippen molar-refractivity contribution < 1.29 is 13.2 Å². The van der Waals surface area contributed by atoms with Crippen LogP contribution in [0.15, 0.2) is 59.5 Å². The number of para-hydroxylation sites is 1. The van der Waals surface area contributed by atoms with E-state index in [-0.39, 0.29) is 16.7 Å². The topological polar surface area (TPSA) is 66.5 Å². The van der Waals surface area contributed by atoms with E-state index in [1.165, 1.54) is 16.4 Å². The van der Waals surface area contributed by atoms with E-state index in [4.69, 9.17) is 11.6 Å². The van der Waals surface area contributed by atoms with Gasteiger partial charge >= 0.3 is 0 Å². The van der Waals surface area contributed by atoms with Gasteiger partial charge in [0.1, 0.15) is 0 Å². The summed E-state index contributed by atoms with van der Waals surface area (Å²) in [6.45, 7) is 0.642. The molecule has 1 saturated heterocycles. The summed E-state index contributed by atoms with van der Waals surface area (Å²) in [5.74, 6) is -0.253. The number of nitrogens with one attached hydrogen (secondary N) is 1. The summed E-state index contributed by atoms with van der Waals surface area (Å²) < 4.78 is 26.8. The molecule has 3 rings (SSSR count). The fourth-order valence-electron chi connectivity index (χ4n) is 2.90. The van der Waals surface area contributed by atoms with Crippen molar-refractivity contribution in [1.29, 1.82) is 0 Å². The van der Waals surface area contributed by atoms with E-state index in [9.17, 15) is 13.2 Å². The standard InChI is InChI=1S/C18H19ClN2O3S/c19-15-5-4-8-17(13-15)25(23,24)21-11-9-14(10-12-21)18(22)20-16-6-2-1-3-7-16/h1-8,13-14H,9-12H2,(H,20,22). The first-order valence-electron chi connectivity index (χ1n) is 8.08. The average molecular weight is 379 g/mol. The fraction of sp³-hybridized carbons (Fsp3) is 0.278. The van der Waals surface area contributed by atoms with Gasteiger partial charge in [-0.3, -0.25) is 4.79 Å². The first kappa shape index (κ1) is 17.9. The summed E-state index contributed by atoms with van der Waals surface area (Å²) in [6, 6.07) is 15.5. The molecule has 5 nitrogen and oxygen atoms in total. The zero-order valence-electron chi connectivity index (χ0n) is 13.6. The third-order valence-electron chi connectivity index (χ3n) is 4.30. The number of nitrogens with zero attached hydrogens (tertiary/aromatic N) is 1. The van der Waals surface area contributed by atoms with Gasteiger partial charge in [-0.25, -0.2) is 8.42 Å². The monoisotopic (exact) mass is 378 g/mol. The van der Waals surface area contributed by atoms with Crippen molar-refractivity contribution in [3.05, 3.63) is 59.6 Å². The van der Waals surface area contributed by atoms with Gasteiger partial charge in [0.25, 0.3) is 0 Å². The predicted molar refractivity (Wildman–Crippen MR) is 98.0 cm³/mol. The molecule has 2 aromatic carbocycles. The molecule has 1 aliphatic rings. The number of hydrogen-bond acceptors (Lipinski definition) is 3. The third kappa shape index (κ3) is 4.21. The van der Waals surface area contributed by atoms with Gasteiger partial charge in [-0.05, 0) is 43.2 Å². The normalized spacial score (nSPS) is 16.5. The number of carbonyl (C=O) groups is 1. The van der Waals surface area contributed by atoms with Crippen LogP contribution in [-0.2, 0) is 14.8 Å². The molecule has 1 aliphatic heterocycles. The number of amides is 1. The van der Waals surface area contributed by atoms with E-state index in [1.54, 1.807) is 12.1 Å². The highest BCUT2D eigenvalue weighted by molar-refractivity contribution is 7.89. The van der Waals surface area contributed by atoms with E-state index >= 15 is 0 Å². The summed E-state index contributed by atoms with van der Waals surface area (Å²) >= 11 is 5.90. The molecule has 0 aromatic heterocycles. The van der Waals surface area contributed by atoms with E-state index in [0.29, 0.717) is 31.0 Å². The van der Waals surface area contributed by atoms with Crippen LogP contribution in [0.5, 0.6) is 0 Å². The summed E-state index contributed by atoms with van der Waals surface area (Å²) in [4.78, 5) is 12.5. The molecule has 0 atom stereocenters. The molecule has 132 valence electrons. The molecule has 1 heterocycles. The van der Waals surface area contributed by atoms with Gasteiger partial charge < -0.3 is 5.32 Å². The lowest BCUT2D eigenvalue weighted by Crippen LogP contribution is -2.41. The van der Waals surface area contributed by atoms with Crippen LogP contribution in [-0.4, -0.2) is 31.7 Å². The number of hydrogen-bond donors (Lipinski definition) is 1. The van der Waals surface area contributed by atoms with Crippen molar-refractivity contribution in [2.75, 3.05) is 18.4 Å². The van der Waals surface area contributed by atoms with Crippen molar-refractivity contribution in [3.8, 4) is 0 Å². The molecule has 0 aliphatic carbocycles. The lowest BCUT2D eigenvalue weighted by Gasteiger charge is -2.30. The predicted octanol–water partition coefficient (Wildman–Crippen LogP) is 3.38. The van der Waals surface area contributed by atoms with Gasteiger partial charge in [0, 0.05) is 29.7 Å². The van der Waals surface area contributed by atoms with Gasteiger partial charge in [0.2, 0.25) is 15.9 Å². The van der Waals surface area contributed by atoms with Gasteiger partial charge in [-0.2, -0.15) is 4.31 Å². The highest BCUT2D eigenvalue weighted by Crippen LogP contribution is 2.26. The Morgan fingerprint density at radius 3 is 2.36 bits per heavy atom. The largest absolute Gasteiger partial charge is 0.326 e. The molecule has 1 fully saturated rings. The van der Waals surface area contributed by atoms with Gasteiger partial charge in [-0.1, -0.05) is 35.9 Å². The molecule has 1 amide bonds. The summed E-state index contributed by atoms with van der Waals surface area (Å²) in [6.07, 6.45) is 0.997. The lowest BCUT2D eigenvalue weighted by molar-refractivity contribution is -0.120. The second kappa shape index (κ2) is 7.56. The molecule has 7 heteroatoms. The smallest absolute Gasteiger partial charge is 0.243 e. The molecule has 2 aromatic rings. The Balaban J connectivity index is 1.62. The molecule has 0 spiro atoms. The van der Waals surface area contributed by atoms with Crippen LogP contribution < -0.4 is 5.32 Å². The van der Waals surface area contributed by atoms with Crippen LogP contribution in [0, 0.1) is 5.92 Å². The SMILES string of the molecule is O=C(Nc1ccccc1)C1CCN(S(=O)(=O)c2cccc(Cl)c2)CC1. The maximum absolute atomic E-state index is 12.7. The minimum Gasteiger partial charge on any atom is -0.326 e. The maximum atomic E-state index is 12.7. The Morgan fingerprint density at radius 1 is 1.04 bits per heavy atom. The maximum Gasteiger partial charge on any atom is 0.243 e. The molecule has 1 N–H and O–H groups in total. The van der Waals surface area contributed by atoms with Crippen molar-refractivity contribution in [2.24, 2.45) is 5.92 Å². The Morgan fingerprint density at radius 2 is 1.72 bits per heavy atom. The van der Waals surface area contributed by atoms with Gasteiger partial charge in [0.05, 0.1) is 4.90 Å². The minimum atomic E-state index is -3.58. The van der Waals surface area contributed by atoms with Crippen LogP contribution in [0.2, 0.25) is 5.02 Å². The van der Waals surface area contributed by atoms with E-state index < -0.39 is 10.0 Å². The van der Waals surface area contributed by atoms with Crippen molar-refractivity contribution in [3.63, 3.8) is 0 Å². The van der Waals surface area contributed by atoms with E-state index in [0.717, 1.165) is 5.69 Å².